The van der Waals surface area contributed by atoms with Crippen LogP contribution in [0.2, 0.25) is 0 Å². The molecule has 3 N–H and O–H groups in total. The number of nitrogens with one attached hydrogen (secondary N) is 2. The fourth-order valence-electron chi connectivity index (χ4n) is 3.23. The minimum absolute atomic E-state index is 0.0648. The van der Waals surface area contributed by atoms with Crippen molar-refractivity contribution >= 4 is 18.3 Å². The van der Waals surface area contributed by atoms with E-state index in [0.29, 0.717) is 30.1 Å². The van der Waals surface area contributed by atoms with Gasteiger partial charge in [0.25, 0.3) is 0 Å². The number of morpholine rings is 1. The maximum absolute atomic E-state index is 12.5. The third-order valence-electron chi connectivity index (χ3n) is 4.95. The molecule has 1 aromatic heterocycles. The lowest BCUT2D eigenvalue weighted by Crippen LogP contribution is -2.40. The second-order valence-electron chi connectivity index (χ2n) is 7.32. The van der Waals surface area contributed by atoms with Crippen molar-refractivity contribution in [3.63, 3.8) is 0 Å². The predicted molar refractivity (Wildman–Crippen MR) is 109 cm³/mol. The van der Waals surface area contributed by atoms with Gasteiger partial charge in [-0.15, -0.1) is 0 Å². The summed E-state index contributed by atoms with van der Waals surface area (Å²) in [5.41, 5.74) is 5.28. The van der Waals surface area contributed by atoms with Crippen LogP contribution in [0.5, 0.6) is 0 Å². The number of carbonyl (C=O) groups is 2. The van der Waals surface area contributed by atoms with Crippen LogP contribution >= 0.6 is 0 Å². The average Bonchev–Trinajstić information content (AvgIpc) is 2.78. The van der Waals surface area contributed by atoms with Gasteiger partial charge in [-0.1, -0.05) is 26.2 Å². The van der Waals surface area contributed by atoms with Crippen LogP contribution in [0.4, 0.5) is 5.95 Å². The number of hydrazine groups is 1. The van der Waals surface area contributed by atoms with Gasteiger partial charge in [0.15, 0.2) is 0 Å². The lowest BCUT2D eigenvalue weighted by Gasteiger charge is -2.26. The van der Waals surface area contributed by atoms with Crippen molar-refractivity contribution in [2.45, 2.75) is 45.4 Å². The fraction of sp³-hybridized carbons (Fsp3) is 0.737. The molecule has 30 heavy (non-hydrogen) atoms. The largest absolute Gasteiger partial charge is 0.379 e. The molecular formula is C19H33N7O4. The zero-order chi connectivity index (χ0) is 21.6. The minimum atomic E-state index is -0.533. The molecule has 0 aromatic carbocycles. The number of hydroxylamine groups is 2. The van der Waals surface area contributed by atoms with E-state index in [1.165, 1.54) is 6.33 Å². The van der Waals surface area contributed by atoms with Gasteiger partial charge in [0, 0.05) is 19.5 Å². The minimum Gasteiger partial charge on any atom is -0.379 e. The van der Waals surface area contributed by atoms with E-state index in [2.05, 4.69) is 37.6 Å². The molecule has 1 aliphatic heterocycles. The number of anilines is 1. The van der Waals surface area contributed by atoms with E-state index in [4.69, 9.17) is 4.74 Å². The molecule has 1 fully saturated rings. The van der Waals surface area contributed by atoms with Crippen molar-refractivity contribution in [1.29, 1.82) is 0 Å². The predicted octanol–water partition coefficient (Wildman–Crippen LogP) is 0.624. The molecule has 0 spiro atoms. The number of ether oxygens (including phenoxy) is 1. The standard InChI is InChI=1S/C19H33N7O4/c1-2-3-4-6-16(13-26(29)15-27)18(28)23-24-19-21-14-20-17(22-19)7-5-8-25-9-11-30-12-10-25/h14-16,29H,2-13H2,1H3,(H,23,28)(H,20,21,22,24)/t16-/m1/s1. The molecule has 1 aliphatic rings. The first kappa shape index (κ1) is 23.9. The molecule has 2 rings (SSSR count). The van der Waals surface area contributed by atoms with Crippen molar-refractivity contribution in [3.05, 3.63) is 12.2 Å². The number of rotatable bonds is 14. The highest BCUT2D eigenvalue weighted by Gasteiger charge is 2.21. The number of hydrogen-bond acceptors (Lipinski definition) is 9. The highest BCUT2D eigenvalue weighted by Crippen LogP contribution is 2.11. The Kier molecular flexibility index (Phi) is 11.0. The van der Waals surface area contributed by atoms with Crippen molar-refractivity contribution < 1.29 is 19.5 Å². The van der Waals surface area contributed by atoms with Crippen molar-refractivity contribution in [2.75, 3.05) is 44.8 Å². The van der Waals surface area contributed by atoms with E-state index in [-0.39, 0.29) is 18.4 Å². The van der Waals surface area contributed by atoms with E-state index in [0.717, 1.165) is 58.5 Å². The summed E-state index contributed by atoms with van der Waals surface area (Å²) in [6.45, 7) is 6.42. The molecule has 0 bridgehead atoms. The highest BCUT2D eigenvalue weighted by atomic mass is 16.5. The molecule has 168 valence electrons. The van der Waals surface area contributed by atoms with E-state index in [1.54, 1.807) is 0 Å². The molecule has 1 aromatic rings. The Balaban J connectivity index is 1.80. The topological polar surface area (TPSA) is 133 Å². The zero-order valence-corrected chi connectivity index (χ0v) is 17.6. The Bertz CT molecular complexity index is 643. The lowest BCUT2D eigenvalue weighted by atomic mass is 10.0. The molecule has 0 radical (unpaired) electrons. The van der Waals surface area contributed by atoms with E-state index in [1.807, 2.05) is 0 Å². The monoisotopic (exact) mass is 423 g/mol. The third kappa shape index (κ3) is 8.97. The second kappa shape index (κ2) is 13.8. The third-order valence-corrected chi connectivity index (χ3v) is 4.95. The SMILES string of the molecule is CCCCC[C@H](CN(O)C=O)C(=O)NNc1ncnc(CCCN2CCOCC2)n1. The van der Waals surface area contributed by atoms with Crippen LogP contribution in [-0.4, -0.2) is 81.8 Å². The summed E-state index contributed by atoms with van der Waals surface area (Å²) < 4.78 is 5.35. The summed E-state index contributed by atoms with van der Waals surface area (Å²) >= 11 is 0. The van der Waals surface area contributed by atoms with Crippen LogP contribution in [0.1, 0.15) is 44.9 Å². The van der Waals surface area contributed by atoms with Gasteiger partial charge in [0.05, 0.1) is 25.7 Å². The number of amides is 2. The molecule has 11 heteroatoms. The van der Waals surface area contributed by atoms with Crippen LogP contribution in [0.25, 0.3) is 0 Å². The Morgan fingerprint density at radius 2 is 2.13 bits per heavy atom. The number of aromatic nitrogens is 3. The first-order valence-electron chi connectivity index (χ1n) is 10.6. The summed E-state index contributed by atoms with van der Waals surface area (Å²) in [5, 5.41) is 9.95. The Morgan fingerprint density at radius 1 is 1.33 bits per heavy atom. The van der Waals surface area contributed by atoms with Gasteiger partial charge in [-0.25, -0.2) is 10.0 Å². The summed E-state index contributed by atoms with van der Waals surface area (Å²) in [7, 11) is 0. The maximum Gasteiger partial charge on any atom is 0.245 e. The zero-order valence-electron chi connectivity index (χ0n) is 17.6. The van der Waals surface area contributed by atoms with Crippen molar-refractivity contribution in [3.8, 4) is 0 Å². The number of nitrogens with zero attached hydrogens (tertiary/aromatic N) is 5. The molecule has 11 nitrogen and oxygen atoms in total. The first-order chi connectivity index (χ1) is 14.6. The number of aryl methyl sites for hydroxylation is 1. The number of unbranched alkanes of at least 4 members (excludes halogenated alkanes) is 2. The Morgan fingerprint density at radius 3 is 2.87 bits per heavy atom. The molecule has 1 atom stereocenters. The van der Waals surface area contributed by atoms with Crippen LogP contribution < -0.4 is 10.9 Å². The second-order valence-corrected chi connectivity index (χ2v) is 7.32. The number of hydrogen-bond donors (Lipinski definition) is 3. The van der Waals surface area contributed by atoms with Gasteiger partial charge in [0.2, 0.25) is 18.3 Å². The number of carbonyl (C=O) groups excluding carboxylic acids is 2. The van der Waals surface area contributed by atoms with Crippen molar-refractivity contribution in [1.82, 2.24) is 30.3 Å². The lowest BCUT2D eigenvalue weighted by molar-refractivity contribution is -0.154. The van der Waals surface area contributed by atoms with Gasteiger partial charge in [0.1, 0.15) is 12.2 Å². The van der Waals surface area contributed by atoms with E-state index < -0.39 is 5.92 Å². The molecule has 0 saturated carbocycles. The van der Waals surface area contributed by atoms with Gasteiger partial charge in [-0.2, -0.15) is 9.97 Å². The maximum atomic E-state index is 12.5. The average molecular weight is 424 g/mol. The van der Waals surface area contributed by atoms with E-state index >= 15 is 0 Å². The van der Waals surface area contributed by atoms with Crippen LogP contribution in [0.3, 0.4) is 0 Å². The normalized spacial score (nSPS) is 15.4. The fourth-order valence-corrected chi connectivity index (χ4v) is 3.23. The van der Waals surface area contributed by atoms with Gasteiger partial charge in [-0.3, -0.25) is 30.5 Å². The quantitative estimate of drug-likeness (QED) is 0.170. The molecule has 0 unspecified atom stereocenters. The molecule has 2 heterocycles. The Labute approximate surface area is 177 Å². The summed E-state index contributed by atoms with van der Waals surface area (Å²) in [5.74, 6) is 0.0376. The van der Waals surface area contributed by atoms with Crippen molar-refractivity contribution in [2.24, 2.45) is 5.92 Å². The van der Waals surface area contributed by atoms with Crippen LogP contribution in [0.15, 0.2) is 6.33 Å². The first-order valence-corrected chi connectivity index (χ1v) is 10.6. The van der Waals surface area contributed by atoms with Gasteiger partial charge in [-0.05, 0) is 19.4 Å². The molecular weight excluding hydrogens is 390 g/mol. The molecule has 1 saturated heterocycles. The molecule has 0 aliphatic carbocycles. The van der Waals surface area contributed by atoms with Crippen LogP contribution in [-0.2, 0) is 20.7 Å². The highest BCUT2D eigenvalue weighted by molar-refractivity contribution is 5.80. The molecule has 2 amide bonds. The summed E-state index contributed by atoms with van der Waals surface area (Å²) in [4.78, 5) is 38.1. The van der Waals surface area contributed by atoms with Gasteiger partial charge < -0.3 is 4.74 Å². The summed E-state index contributed by atoms with van der Waals surface area (Å²) in [6, 6.07) is 0. The van der Waals surface area contributed by atoms with Crippen LogP contribution in [0, 0.1) is 5.92 Å². The van der Waals surface area contributed by atoms with E-state index in [9.17, 15) is 14.8 Å². The van der Waals surface area contributed by atoms with Gasteiger partial charge >= 0.3 is 0 Å². The Hall–Kier alpha value is -2.37. The smallest absolute Gasteiger partial charge is 0.245 e. The summed E-state index contributed by atoms with van der Waals surface area (Å²) in [6.07, 6.45) is 6.73.